The summed E-state index contributed by atoms with van der Waals surface area (Å²) in [5, 5.41) is 4.23. The Morgan fingerprint density at radius 3 is 3.07 bits per heavy atom. The zero-order valence-electron chi connectivity index (χ0n) is 9.39. The molecule has 0 bridgehead atoms. The van der Waals surface area contributed by atoms with Crippen molar-refractivity contribution in [2.24, 2.45) is 12.8 Å². The summed E-state index contributed by atoms with van der Waals surface area (Å²) in [6.07, 6.45) is 6.84. The van der Waals surface area contributed by atoms with E-state index in [1.807, 2.05) is 17.9 Å². The van der Waals surface area contributed by atoms with Gasteiger partial charge in [-0.1, -0.05) is 0 Å². The maximum atomic E-state index is 5.66. The van der Waals surface area contributed by atoms with Gasteiger partial charge in [-0.2, -0.15) is 5.10 Å². The van der Waals surface area contributed by atoms with E-state index in [-0.39, 0.29) is 0 Å². The first kappa shape index (κ1) is 10.5. The van der Waals surface area contributed by atoms with Gasteiger partial charge in [0.2, 0.25) is 0 Å². The van der Waals surface area contributed by atoms with Crippen LogP contribution >= 0.6 is 0 Å². The summed E-state index contributed by atoms with van der Waals surface area (Å²) in [5.74, 6) is 1.23. The molecule has 1 atom stereocenters. The van der Waals surface area contributed by atoms with Gasteiger partial charge in [-0.05, 0) is 32.2 Å². The van der Waals surface area contributed by atoms with Crippen LogP contribution in [0.15, 0.2) is 12.3 Å². The van der Waals surface area contributed by atoms with Gasteiger partial charge in [0.1, 0.15) is 5.82 Å². The summed E-state index contributed by atoms with van der Waals surface area (Å²) in [5.41, 5.74) is 5.66. The smallest absolute Gasteiger partial charge is 0.126 e. The molecule has 0 amide bonds. The molecule has 2 N–H and O–H groups in total. The Hall–Kier alpha value is -1.03. The molecule has 0 saturated carbocycles. The van der Waals surface area contributed by atoms with Gasteiger partial charge in [0.25, 0.3) is 0 Å². The summed E-state index contributed by atoms with van der Waals surface area (Å²) >= 11 is 0. The van der Waals surface area contributed by atoms with E-state index >= 15 is 0 Å². The van der Waals surface area contributed by atoms with E-state index in [4.69, 9.17) is 5.73 Å². The SMILES string of the molecule is Cn1nccc1N1CCCCC1CCN. The molecule has 0 aromatic carbocycles. The highest BCUT2D eigenvalue weighted by atomic mass is 15.4. The van der Waals surface area contributed by atoms with E-state index in [0.717, 1.165) is 19.5 Å². The van der Waals surface area contributed by atoms with E-state index in [1.54, 1.807) is 0 Å². The summed E-state index contributed by atoms with van der Waals surface area (Å²) in [6.45, 7) is 1.92. The van der Waals surface area contributed by atoms with Crippen LogP contribution in [0.25, 0.3) is 0 Å². The lowest BCUT2D eigenvalue weighted by Gasteiger charge is -2.37. The second-order valence-electron chi connectivity index (χ2n) is 4.23. The number of nitrogens with zero attached hydrogens (tertiary/aromatic N) is 3. The lowest BCUT2D eigenvalue weighted by molar-refractivity contribution is 0.433. The maximum absolute atomic E-state index is 5.66. The second kappa shape index (κ2) is 4.66. The van der Waals surface area contributed by atoms with Crippen molar-refractivity contribution in [2.75, 3.05) is 18.0 Å². The molecule has 0 spiro atoms. The molecule has 15 heavy (non-hydrogen) atoms. The van der Waals surface area contributed by atoms with E-state index in [9.17, 15) is 0 Å². The van der Waals surface area contributed by atoms with Crippen molar-refractivity contribution >= 4 is 5.82 Å². The van der Waals surface area contributed by atoms with Crippen molar-refractivity contribution < 1.29 is 0 Å². The largest absolute Gasteiger partial charge is 0.354 e. The standard InChI is InChI=1S/C11H20N4/c1-14-11(6-8-13-14)15-9-3-2-4-10(15)5-7-12/h6,8,10H,2-5,7,9,12H2,1H3. The van der Waals surface area contributed by atoms with Gasteiger partial charge in [0.15, 0.2) is 0 Å². The number of rotatable bonds is 3. The van der Waals surface area contributed by atoms with Crippen LogP contribution in [0.4, 0.5) is 5.82 Å². The van der Waals surface area contributed by atoms with Gasteiger partial charge in [0, 0.05) is 25.7 Å². The van der Waals surface area contributed by atoms with Gasteiger partial charge in [-0.15, -0.1) is 0 Å². The fourth-order valence-electron chi connectivity index (χ4n) is 2.44. The van der Waals surface area contributed by atoms with Crippen LogP contribution in [0, 0.1) is 0 Å². The average Bonchev–Trinajstić information content (AvgIpc) is 2.66. The van der Waals surface area contributed by atoms with Crippen LogP contribution in [-0.4, -0.2) is 28.9 Å². The number of hydrogen-bond acceptors (Lipinski definition) is 3. The fraction of sp³-hybridized carbons (Fsp3) is 0.727. The minimum atomic E-state index is 0.610. The molecule has 2 heterocycles. The quantitative estimate of drug-likeness (QED) is 0.810. The van der Waals surface area contributed by atoms with Gasteiger partial charge in [0.05, 0.1) is 6.20 Å². The number of aryl methyl sites for hydroxylation is 1. The normalized spacial score (nSPS) is 22.0. The molecular formula is C11H20N4. The number of aromatic nitrogens is 2. The molecule has 0 aliphatic carbocycles. The van der Waals surface area contributed by atoms with Crippen LogP contribution in [0.5, 0.6) is 0 Å². The minimum Gasteiger partial charge on any atom is -0.354 e. The Kier molecular flexibility index (Phi) is 3.26. The van der Waals surface area contributed by atoms with Gasteiger partial charge in [-0.3, -0.25) is 4.68 Å². The molecule has 1 aromatic heterocycles. The van der Waals surface area contributed by atoms with E-state index in [0.29, 0.717) is 6.04 Å². The molecule has 1 aliphatic rings. The third kappa shape index (κ3) is 2.15. The van der Waals surface area contributed by atoms with Gasteiger partial charge < -0.3 is 10.6 Å². The summed E-state index contributed by atoms with van der Waals surface area (Å²) in [6, 6.07) is 2.70. The molecule has 4 nitrogen and oxygen atoms in total. The minimum absolute atomic E-state index is 0.610. The third-order valence-electron chi connectivity index (χ3n) is 3.22. The topological polar surface area (TPSA) is 47.1 Å². The average molecular weight is 208 g/mol. The number of piperidine rings is 1. The summed E-state index contributed by atoms with van der Waals surface area (Å²) in [7, 11) is 2.00. The van der Waals surface area contributed by atoms with Crippen LogP contribution in [0.1, 0.15) is 25.7 Å². The Labute approximate surface area is 91.1 Å². The molecular weight excluding hydrogens is 188 g/mol. The molecule has 4 heteroatoms. The Morgan fingerprint density at radius 1 is 1.53 bits per heavy atom. The molecule has 1 saturated heterocycles. The fourth-order valence-corrected chi connectivity index (χ4v) is 2.44. The first-order valence-corrected chi connectivity index (χ1v) is 5.77. The molecule has 1 aliphatic heterocycles. The number of nitrogens with two attached hydrogens (primary N) is 1. The molecule has 84 valence electrons. The van der Waals surface area contributed by atoms with Crippen molar-refractivity contribution in [1.29, 1.82) is 0 Å². The highest BCUT2D eigenvalue weighted by molar-refractivity contribution is 5.40. The van der Waals surface area contributed by atoms with Gasteiger partial charge in [-0.25, -0.2) is 0 Å². The molecule has 1 unspecified atom stereocenters. The second-order valence-corrected chi connectivity index (χ2v) is 4.23. The predicted octanol–water partition coefficient (Wildman–Crippen LogP) is 1.13. The summed E-state index contributed by atoms with van der Waals surface area (Å²) < 4.78 is 1.95. The van der Waals surface area contributed by atoms with Crippen LogP contribution < -0.4 is 10.6 Å². The Balaban J connectivity index is 2.14. The van der Waals surface area contributed by atoms with Crippen molar-refractivity contribution in [3.8, 4) is 0 Å². The first-order valence-electron chi connectivity index (χ1n) is 5.77. The Morgan fingerprint density at radius 2 is 2.40 bits per heavy atom. The van der Waals surface area contributed by atoms with Crippen molar-refractivity contribution in [3.05, 3.63) is 12.3 Å². The molecule has 1 aromatic rings. The monoisotopic (exact) mass is 208 g/mol. The highest BCUT2D eigenvalue weighted by Crippen LogP contribution is 2.25. The highest BCUT2D eigenvalue weighted by Gasteiger charge is 2.23. The lowest BCUT2D eigenvalue weighted by Crippen LogP contribution is -2.41. The van der Waals surface area contributed by atoms with E-state index in [2.05, 4.69) is 16.1 Å². The predicted molar refractivity (Wildman–Crippen MR) is 61.9 cm³/mol. The maximum Gasteiger partial charge on any atom is 0.126 e. The number of anilines is 1. The van der Waals surface area contributed by atoms with Crippen LogP contribution in [0.3, 0.4) is 0 Å². The van der Waals surface area contributed by atoms with Crippen molar-refractivity contribution in [3.63, 3.8) is 0 Å². The number of hydrogen-bond donors (Lipinski definition) is 1. The van der Waals surface area contributed by atoms with E-state index in [1.165, 1.54) is 25.1 Å². The summed E-state index contributed by atoms with van der Waals surface area (Å²) in [4.78, 5) is 2.46. The Bertz CT molecular complexity index is 305. The first-order chi connectivity index (χ1) is 7.33. The van der Waals surface area contributed by atoms with Gasteiger partial charge >= 0.3 is 0 Å². The van der Waals surface area contributed by atoms with Crippen LogP contribution in [-0.2, 0) is 7.05 Å². The van der Waals surface area contributed by atoms with Crippen LogP contribution in [0.2, 0.25) is 0 Å². The lowest BCUT2D eigenvalue weighted by atomic mass is 9.99. The molecule has 1 fully saturated rings. The van der Waals surface area contributed by atoms with Crippen molar-refractivity contribution in [1.82, 2.24) is 9.78 Å². The molecule has 2 rings (SSSR count). The van der Waals surface area contributed by atoms with E-state index < -0.39 is 0 Å². The zero-order valence-corrected chi connectivity index (χ0v) is 9.39. The zero-order chi connectivity index (χ0) is 10.7. The molecule has 0 radical (unpaired) electrons. The third-order valence-corrected chi connectivity index (χ3v) is 3.22. The van der Waals surface area contributed by atoms with Crippen molar-refractivity contribution in [2.45, 2.75) is 31.7 Å².